The van der Waals surface area contributed by atoms with E-state index in [0.29, 0.717) is 5.69 Å². The molecule has 0 unspecified atom stereocenters. The van der Waals surface area contributed by atoms with Crippen molar-refractivity contribution in [3.8, 4) is 0 Å². The lowest BCUT2D eigenvalue weighted by molar-refractivity contribution is 0.585. The van der Waals surface area contributed by atoms with Crippen LogP contribution in [0.1, 0.15) is 5.56 Å². The summed E-state index contributed by atoms with van der Waals surface area (Å²) in [6.45, 7) is -0.183. The molecule has 0 amide bonds. The average Bonchev–Trinajstić information content (AvgIpc) is 2.39. The number of anilines is 1. The Hall–Kier alpha value is -1.92. The Kier molecular flexibility index (Phi) is 3.82. The topological polar surface area (TPSA) is 72.2 Å². The van der Waals surface area contributed by atoms with Gasteiger partial charge in [0.05, 0.1) is 4.90 Å². The maximum Gasteiger partial charge on any atom is 0.262 e. The van der Waals surface area contributed by atoms with Gasteiger partial charge in [0.2, 0.25) is 0 Å². The molecule has 4 nitrogen and oxygen atoms in total. The summed E-state index contributed by atoms with van der Waals surface area (Å²) >= 11 is 0. The Morgan fingerprint density at radius 1 is 1.05 bits per heavy atom. The minimum atomic E-state index is -3.85. The first-order valence-electron chi connectivity index (χ1n) is 5.60. The van der Waals surface area contributed by atoms with Crippen LogP contribution in [0.25, 0.3) is 0 Å². The molecule has 0 spiro atoms. The molecule has 0 saturated carbocycles. The Morgan fingerprint density at radius 2 is 1.74 bits per heavy atom. The molecule has 2 aromatic carbocycles. The van der Waals surface area contributed by atoms with E-state index in [1.165, 1.54) is 18.2 Å². The zero-order valence-corrected chi connectivity index (χ0v) is 10.8. The van der Waals surface area contributed by atoms with Crippen LogP contribution in [-0.2, 0) is 16.6 Å². The van der Waals surface area contributed by atoms with Crippen LogP contribution in [0.4, 0.5) is 10.1 Å². The van der Waals surface area contributed by atoms with E-state index in [4.69, 9.17) is 5.73 Å². The van der Waals surface area contributed by atoms with Crippen LogP contribution in [0.5, 0.6) is 0 Å². The lowest BCUT2D eigenvalue weighted by Gasteiger charge is -2.11. The van der Waals surface area contributed by atoms with Crippen molar-refractivity contribution < 1.29 is 12.8 Å². The summed E-state index contributed by atoms with van der Waals surface area (Å²) in [6.07, 6.45) is 0. The molecular weight excluding hydrogens is 267 g/mol. The first-order chi connectivity index (χ1) is 9.04. The molecule has 0 radical (unpaired) electrons. The van der Waals surface area contributed by atoms with Crippen LogP contribution in [0, 0.1) is 5.82 Å². The highest BCUT2D eigenvalue weighted by Crippen LogP contribution is 2.21. The summed E-state index contributed by atoms with van der Waals surface area (Å²) in [7, 11) is -3.85. The number of hydrogen-bond acceptors (Lipinski definition) is 3. The molecule has 0 fully saturated rings. The summed E-state index contributed by atoms with van der Waals surface area (Å²) in [6, 6.07) is 12.2. The van der Waals surface area contributed by atoms with Gasteiger partial charge in [0.25, 0.3) is 10.0 Å². The summed E-state index contributed by atoms with van der Waals surface area (Å²) in [5.74, 6) is -0.626. The molecule has 0 aliphatic heterocycles. The van der Waals surface area contributed by atoms with Crippen molar-refractivity contribution in [1.82, 2.24) is 0 Å². The van der Waals surface area contributed by atoms with E-state index < -0.39 is 15.8 Å². The normalized spacial score (nSPS) is 11.3. The van der Waals surface area contributed by atoms with E-state index in [1.807, 2.05) is 0 Å². The van der Waals surface area contributed by atoms with Gasteiger partial charge in [-0.3, -0.25) is 4.72 Å². The molecule has 6 heteroatoms. The van der Waals surface area contributed by atoms with Gasteiger partial charge in [-0.15, -0.1) is 0 Å². The Bertz CT molecular complexity index is 672. The van der Waals surface area contributed by atoms with E-state index in [9.17, 15) is 12.8 Å². The van der Waals surface area contributed by atoms with Crippen LogP contribution >= 0.6 is 0 Å². The zero-order valence-electron chi connectivity index (χ0n) is 10.0. The molecule has 0 bridgehead atoms. The lowest BCUT2D eigenvalue weighted by atomic mass is 10.2. The zero-order chi connectivity index (χ0) is 13.9. The standard InChI is InChI=1S/C13H13FN2O2S/c14-12-7-4-8-13(11(12)9-15)19(17,18)16-10-5-2-1-3-6-10/h1-8,16H,9,15H2. The molecule has 2 aromatic rings. The fraction of sp³-hybridized carbons (Fsp3) is 0.0769. The molecular formula is C13H13FN2O2S. The number of halogens is 1. The molecule has 0 aliphatic carbocycles. The second kappa shape index (κ2) is 5.38. The number of sulfonamides is 1. The van der Waals surface area contributed by atoms with Gasteiger partial charge in [-0.1, -0.05) is 24.3 Å². The van der Waals surface area contributed by atoms with E-state index in [1.54, 1.807) is 30.3 Å². The minimum absolute atomic E-state index is 0.0223. The minimum Gasteiger partial charge on any atom is -0.326 e. The van der Waals surface area contributed by atoms with Crippen LogP contribution in [0.2, 0.25) is 0 Å². The SMILES string of the molecule is NCc1c(F)cccc1S(=O)(=O)Nc1ccccc1. The third-order valence-electron chi connectivity index (χ3n) is 2.60. The molecule has 0 heterocycles. The highest BCUT2D eigenvalue weighted by Gasteiger charge is 2.20. The van der Waals surface area contributed by atoms with Crippen molar-refractivity contribution in [1.29, 1.82) is 0 Å². The Balaban J connectivity index is 2.43. The highest BCUT2D eigenvalue weighted by atomic mass is 32.2. The molecule has 0 aliphatic rings. The van der Waals surface area contributed by atoms with E-state index >= 15 is 0 Å². The number of nitrogens with two attached hydrogens (primary N) is 1. The van der Waals surface area contributed by atoms with Gasteiger partial charge >= 0.3 is 0 Å². The monoisotopic (exact) mass is 280 g/mol. The molecule has 100 valence electrons. The van der Waals surface area contributed by atoms with Crippen molar-refractivity contribution in [2.45, 2.75) is 11.4 Å². The maximum atomic E-state index is 13.5. The number of benzene rings is 2. The van der Waals surface area contributed by atoms with Crippen LogP contribution in [-0.4, -0.2) is 8.42 Å². The predicted octanol–water partition coefficient (Wildman–Crippen LogP) is 2.09. The Morgan fingerprint density at radius 3 is 2.37 bits per heavy atom. The van der Waals surface area contributed by atoms with E-state index in [-0.39, 0.29) is 17.0 Å². The van der Waals surface area contributed by atoms with E-state index in [2.05, 4.69) is 4.72 Å². The van der Waals surface area contributed by atoms with Crippen LogP contribution < -0.4 is 10.5 Å². The average molecular weight is 280 g/mol. The van der Waals surface area contributed by atoms with Crippen molar-refractivity contribution in [2.24, 2.45) is 5.73 Å². The maximum absolute atomic E-state index is 13.5. The van der Waals surface area contributed by atoms with Gasteiger partial charge in [0.1, 0.15) is 5.82 Å². The molecule has 0 aromatic heterocycles. The third-order valence-corrected chi connectivity index (χ3v) is 4.06. The number of para-hydroxylation sites is 1. The van der Waals surface area contributed by atoms with Gasteiger partial charge in [-0.25, -0.2) is 12.8 Å². The molecule has 3 N–H and O–H groups in total. The van der Waals surface area contributed by atoms with Gasteiger partial charge in [-0.2, -0.15) is 0 Å². The van der Waals surface area contributed by atoms with Gasteiger partial charge in [0.15, 0.2) is 0 Å². The third kappa shape index (κ3) is 2.91. The number of nitrogens with one attached hydrogen (secondary N) is 1. The second-order valence-electron chi connectivity index (χ2n) is 3.89. The van der Waals surface area contributed by atoms with Gasteiger partial charge < -0.3 is 5.73 Å². The Labute approximate surface area is 111 Å². The first-order valence-corrected chi connectivity index (χ1v) is 7.08. The number of rotatable bonds is 4. The van der Waals surface area contributed by atoms with Crippen molar-refractivity contribution in [2.75, 3.05) is 4.72 Å². The van der Waals surface area contributed by atoms with Crippen molar-refractivity contribution in [3.05, 3.63) is 59.9 Å². The highest BCUT2D eigenvalue weighted by molar-refractivity contribution is 7.92. The van der Waals surface area contributed by atoms with Crippen molar-refractivity contribution >= 4 is 15.7 Å². The van der Waals surface area contributed by atoms with Crippen LogP contribution in [0.15, 0.2) is 53.4 Å². The lowest BCUT2D eigenvalue weighted by Crippen LogP contribution is -2.17. The summed E-state index contributed by atoms with van der Waals surface area (Å²) in [5, 5.41) is 0. The van der Waals surface area contributed by atoms with Gasteiger partial charge in [0, 0.05) is 17.8 Å². The summed E-state index contributed by atoms with van der Waals surface area (Å²) < 4.78 is 40.3. The molecule has 0 saturated heterocycles. The molecule has 19 heavy (non-hydrogen) atoms. The predicted molar refractivity (Wildman–Crippen MR) is 71.5 cm³/mol. The summed E-state index contributed by atoms with van der Waals surface area (Å²) in [4.78, 5) is -0.140. The quantitative estimate of drug-likeness (QED) is 0.900. The smallest absolute Gasteiger partial charge is 0.262 e. The first kappa shape index (κ1) is 13.5. The fourth-order valence-corrected chi connectivity index (χ4v) is 3.02. The van der Waals surface area contributed by atoms with Crippen LogP contribution in [0.3, 0.4) is 0 Å². The van der Waals surface area contributed by atoms with Crippen molar-refractivity contribution in [3.63, 3.8) is 0 Å². The second-order valence-corrected chi connectivity index (χ2v) is 5.54. The number of hydrogen-bond donors (Lipinski definition) is 2. The van der Waals surface area contributed by atoms with Gasteiger partial charge in [-0.05, 0) is 24.3 Å². The molecule has 0 atom stereocenters. The molecule has 2 rings (SSSR count). The largest absolute Gasteiger partial charge is 0.326 e. The summed E-state index contributed by atoms with van der Waals surface area (Å²) in [5.41, 5.74) is 5.80. The van der Waals surface area contributed by atoms with E-state index in [0.717, 1.165) is 0 Å². The fourth-order valence-electron chi connectivity index (χ4n) is 1.71.